The molecular formula is C9H12N2O2S. The number of rotatable bonds is 2. The van der Waals surface area contributed by atoms with E-state index in [0.717, 1.165) is 18.5 Å². The topological polar surface area (TPSA) is 68.9 Å². The van der Waals surface area contributed by atoms with Gasteiger partial charge in [-0.15, -0.1) is 0 Å². The third kappa shape index (κ3) is 1.59. The monoisotopic (exact) mass is 212 g/mol. The number of hydrogen-bond acceptors (Lipinski definition) is 2. The molecule has 0 unspecified atom stereocenters. The van der Waals surface area contributed by atoms with Crippen molar-refractivity contribution in [3.63, 3.8) is 0 Å². The molecule has 2 rings (SSSR count). The number of nitrogens with one attached hydrogen (secondary N) is 2. The number of imidazole rings is 1. The van der Waals surface area contributed by atoms with Crippen molar-refractivity contribution in [2.24, 2.45) is 0 Å². The molecule has 14 heavy (non-hydrogen) atoms. The lowest BCUT2D eigenvalue weighted by Crippen LogP contribution is -2.04. The van der Waals surface area contributed by atoms with E-state index in [1.165, 1.54) is 12.8 Å². The number of aromatic amines is 2. The van der Waals surface area contributed by atoms with E-state index in [4.69, 9.17) is 17.3 Å². The van der Waals surface area contributed by atoms with Gasteiger partial charge in [0.2, 0.25) is 0 Å². The fourth-order valence-corrected chi connectivity index (χ4v) is 2.30. The predicted molar refractivity (Wildman–Crippen MR) is 54.1 cm³/mol. The van der Waals surface area contributed by atoms with E-state index in [1.807, 2.05) is 0 Å². The van der Waals surface area contributed by atoms with Gasteiger partial charge in [-0.1, -0.05) is 12.8 Å². The Morgan fingerprint density at radius 1 is 1.36 bits per heavy atom. The van der Waals surface area contributed by atoms with Crippen molar-refractivity contribution in [3.8, 4) is 0 Å². The Kier molecular flexibility index (Phi) is 2.41. The van der Waals surface area contributed by atoms with Crippen LogP contribution in [0, 0.1) is 4.77 Å². The zero-order chi connectivity index (χ0) is 10.1. The highest BCUT2D eigenvalue weighted by molar-refractivity contribution is 7.71. The average molecular weight is 212 g/mol. The van der Waals surface area contributed by atoms with Crippen molar-refractivity contribution in [1.29, 1.82) is 0 Å². The van der Waals surface area contributed by atoms with Crippen LogP contribution in [-0.2, 0) is 0 Å². The largest absolute Gasteiger partial charge is 0.477 e. The van der Waals surface area contributed by atoms with Crippen LogP contribution in [0.5, 0.6) is 0 Å². The molecule has 4 nitrogen and oxygen atoms in total. The number of carbonyl (C=O) groups is 1. The van der Waals surface area contributed by atoms with Crippen LogP contribution in [0.3, 0.4) is 0 Å². The van der Waals surface area contributed by atoms with Gasteiger partial charge in [0.15, 0.2) is 4.77 Å². The molecule has 1 aromatic rings. The molecule has 0 spiro atoms. The van der Waals surface area contributed by atoms with Crippen LogP contribution in [0.15, 0.2) is 0 Å². The summed E-state index contributed by atoms with van der Waals surface area (Å²) < 4.78 is 0.407. The van der Waals surface area contributed by atoms with Gasteiger partial charge in [-0.3, -0.25) is 0 Å². The lowest BCUT2D eigenvalue weighted by atomic mass is 10.0. The van der Waals surface area contributed by atoms with Gasteiger partial charge in [-0.2, -0.15) is 0 Å². The molecular weight excluding hydrogens is 200 g/mol. The molecule has 1 saturated carbocycles. The summed E-state index contributed by atoms with van der Waals surface area (Å²) >= 11 is 4.90. The molecule has 1 aromatic heterocycles. The minimum absolute atomic E-state index is 0.238. The zero-order valence-corrected chi connectivity index (χ0v) is 8.49. The van der Waals surface area contributed by atoms with Crippen molar-refractivity contribution in [3.05, 3.63) is 16.2 Å². The van der Waals surface area contributed by atoms with Gasteiger partial charge in [-0.05, 0) is 25.1 Å². The Morgan fingerprint density at radius 3 is 2.57 bits per heavy atom. The van der Waals surface area contributed by atoms with Crippen molar-refractivity contribution >= 4 is 18.2 Å². The molecule has 1 heterocycles. The van der Waals surface area contributed by atoms with Crippen LogP contribution < -0.4 is 0 Å². The molecule has 0 saturated heterocycles. The maximum Gasteiger partial charge on any atom is 0.354 e. The van der Waals surface area contributed by atoms with Crippen molar-refractivity contribution in [1.82, 2.24) is 9.97 Å². The number of H-pyrrole nitrogens is 2. The number of hydrogen-bond donors (Lipinski definition) is 3. The van der Waals surface area contributed by atoms with E-state index in [2.05, 4.69) is 9.97 Å². The Bertz CT molecular complexity index is 401. The van der Waals surface area contributed by atoms with Gasteiger partial charge in [-0.25, -0.2) is 4.79 Å². The summed E-state index contributed by atoms with van der Waals surface area (Å²) in [6.45, 7) is 0. The van der Waals surface area contributed by atoms with Gasteiger partial charge in [0, 0.05) is 5.92 Å². The summed E-state index contributed by atoms with van der Waals surface area (Å²) in [6.07, 6.45) is 4.47. The molecule has 0 aromatic carbocycles. The third-order valence-corrected chi connectivity index (χ3v) is 2.94. The van der Waals surface area contributed by atoms with Gasteiger partial charge in [0.05, 0.1) is 5.69 Å². The van der Waals surface area contributed by atoms with Crippen LogP contribution in [0.2, 0.25) is 0 Å². The number of aromatic nitrogens is 2. The van der Waals surface area contributed by atoms with E-state index in [9.17, 15) is 4.79 Å². The molecule has 0 radical (unpaired) electrons. The molecule has 1 aliphatic carbocycles. The molecule has 1 fully saturated rings. The SMILES string of the molecule is O=C(O)c1[nH]c(=S)[nH]c1C1CCCC1. The Hall–Kier alpha value is -1.10. The average Bonchev–Trinajstić information content (AvgIpc) is 2.70. The van der Waals surface area contributed by atoms with Gasteiger partial charge < -0.3 is 15.1 Å². The predicted octanol–water partition coefficient (Wildman–Crippen LogP) is 2.43. The maximum absolute atomic E-state index is 10.9. The second-order valence-electron chi connectivity index (χ2n) is 3.65. The fraction of sp³-hybridized carbons (Fsp3) is 0.556. The normalized spacial score (nSPS) is 17.4. The van der Waals surface area contributed by atoms with Crippen LogP contribution in [-0.4, -0.2) is 21.0 Å². The third-order valence-electron chi connectivity index (χ3n) is 2.73. The van der Waals surface area contributed by atoms with E-state index in [-0.39, 0.29) is 5.69 Å². The highest BCUT2D eigenvalue weighted by atomic mass is 32.1. The van der Waals surface area contributed by atoms with Crippen molar-refractivity contribution in [2.75, 3.05) is 0 Å². The summed E-state index contributed by atoms with van der Waals surface area (Å²) in [5, 5.41) is 8.94. The molecule has 0 bridgehead atoms. The summed E-state index contributed by atoms with van der Waals surface area (Å²) in [5.41, 5.74) is 1.02. The van der Waals surface area contributed by atoms with Crippen LogP contribution in [0.25, 0.3) is 0 Å². The first-order valence-electron chi connectivity index (χ1n) is 4.74. The second-order valence-corrected chi connectivity index (χ2v) is 4.06. The van der Waals surface area contributed by atoms with Crippen LogP contribution in [0.1, 0.15) is 47.8 Å². The smallest absolute Gasteiger partial charge is 0.354 e. The molecule has 0 aliphatic heterocycles. The van der Waals surface area contributed by atoms with E-state index in [1.54, 1.807) is 0 Å². The number of carboxylic acids is 1. The second kappa shape index (κ2) is 3.57. The Morgan fingerprint density at radius 2 is 2.00 bits per heavy atom. The lowest BCUT2D eigenvalue weighted by molar-refractivity contribution is 0.0689. The van der Waals surface area contributed by atoms with E-state index >= 15 is 0 Å². The lowest BCUT2D eigenvalue weighted by Gasteiger charge is -2.06. The molecule has 76 valence electrons. The van der Waals surface area contributed by atoms with Gasteiger partial charge in [0.1, 0.15) is 5.69 Å². The first kappa shape index (κ1) is 9.45. The maximum atomic E-state index is 10.9. The first-order valence-corrected chi connectivity index (χ1v) is 5.15. The van der Waals surface area contributed by atoms with Crippen LogP contribution in [0.4, 0.5) is 0 Å². The summed E-state index contributed by atoms with van der Waals surface area (Å²) in [4.78, 5) is 16.5. The Labute approximate surface area is 86.4 Å². The molecule has 1 aliphatic rings. The molecule has 3 N–H and O–H groups in total. The Balaban J connectivity index is 2.40. The van der Waals surface area contributed by atoms with Crippen molar-refractivity contribution in [2.45, 2.75) is 31.6 Å². The summed E-state index contributed by atoms with van der Waals surface area (Å²) in [7, 11) is 0. The molecule has 0 atom stereocenters. The number of aromatic carboxylic acids is 1. The van der Waals surface area contributed by atoms with Crippen LogP contribution >= 0.6 is 12.2 Å². The molecule has 5 heteroatoms. The zero-order valence-electron chi connectivity index (χ0n) is 7.67. The van der Waals surface area contributed by atoms with Gasteiger partial charge in [0.25, 0.3) is 0 Å². The fourth-order valence-electron chi connectivity index (χ4n) is 2.09. The first-order chi connectivity index (χ1) is 6.68. The minimum atomic E-state index is -0.931. The highest BCUT2D eigenvalue weighted by Gasteiger charge is 2.24. The number of carboxylic acid groups (broad SMARTS) is 1. The standard InChI is InChI=1S/C9H12N2O2S/c12-8(13)7-6(10-9(14)11-7)5-3-1-2-4-5/h5H,1-4H2,(H,12,13)(H2,10,11,14). The summed E-state index contributed by atoms with van der Waals surface area (Å²) in [5.74, 6) is -0.590. The molecule has 0 amide bonds. The van der Waals surface area contributed by atoms with Crippen molar-refractivity contribution < 1.29 is 9.90 Å². The minimum Gasteiger partial charge on any atom is -0.477 e. The van der Waals surface area contributed by atoms with Gasteiger partial charge >= 0.3 is 5.97 Å². The van der Waals surface area contributed by atoms with E-state index < -0.39 is 5.97 Å². The highest BCUT2D eigenvalue weighted by Crippen LogP contribution is 2.34. The van der Waals surface area contributed by atoms with E-state index in [0.29, 0.717) is 10.7 Å². The quantitative estimate of drug-likeness (QED) is 0.659. The summed E-state index contributed by atoms with van der Waals surface area (Å²) in [6, 6.07) is 0.